The van der Waals surface area contributed by atoms with Crippen LogP contribution in [0.15, 0.2) is 29.8 Å². The normalized spacial score (nSPS) is 12.4. The Balaban J connectivity index is 2.17. The first-order valence-corrected chi connectivity index (χ1v) is 9.11. The fourth-order valence-corrected chi connectivity index (χ4v) is 3.26. The Morgan fingerprint density at radius 3 is 2.62 bits per heavy atom. The molecule has 0 bridgehead atoms. The van der Waals surface area contributed by atoms with Gasteiger partial charge in [0.15, 0.2) is 11.6 Å². The molecule has 0 unspecified atom stereocenters. The fraction of sp³-hybridized carbons (Fsp3) is 0.364. The lowest BCUT2D eigenvalue weighted by molar-refractivity contribution is -0.139. The van der Waals surface area contributed by atoms with Gasteiger partial charge in [-0.1, -0.05) is 6.07 Å². The first-order valence-electron chi connectivity index (χ1n) is 9.11. The zero-order chi connectivity index (χ0) is 21.6. The molecular formula is C22H25FN2O4. The smallest absolute Gasteiger partial charge is 0.349 e. The van der Waals surface area contributed by atoms with Crippen molar-refractivity contribution in [2.75, 3.05) is 20.8 Å². The topological polar surface area (TPSA) is 73.5 Å². The third-order valence-corrected chi connectivity index (χ3v) is 4.60. The fourth-order valence-electron chi connectivity index (χ4n) is 3.26. The standard InChI is InChI=1S/C22H25FN2O4/c1-14-8-18(16(3)25(14)15(2)12-27-4)10-19(11-24)22(26)29-13-17-6-7-21(28-5)20(23)9-17/h6-10,15H,12-13H2,1-5H3/b19-10+/t15-/m0/s1. The largest absolute Gasteiger partial charge is 0.494 e. The van der Waals surface area contributed by atoms with E-state index in [2.05, 4.69) is 4.57 Å². The average molecular weight is 400 g/mol. The Hall–Kier alpha value is -3.11. The Labute approximate surface area is 170 Å². The lowest BCUT2D eigenvalue weighted by Gasteiger charge is -2.17. The molecule has 0 saturated carbocycles. The minimum atomic E-state index is -0.765. The zero-order valence-corrected chi connectivity index (χ0v) is 17.3. The number of aromatic nitrogens is 1. The van der Waals surface area contributed by atoms with Crippen LogP contribution in [-0.4, -0.2) is 31.4 Å². The van der Waals surface area contributed by atoms with Gasteiger partial charge < -0.3 is 18.8 Å². The predicted molar refractivity (Wildman–Crippen MR) is 107 cm³/mol. The number of carbonyl (C=O) groups is 1. The van der Waals surface area contributed by atoms with Crippen LogP contribution in [0.2, 0.25) is 0 Å². The van der Waals surface area contributed by atoms with Gasteiger partial charge >= 0.3 is 5.97 Å². The number of benzene rings is 1. The van der Waals surface area contributed by atoms with Crippen molar-refractivity contribution in [1.82, 2.24) is 4.57 Å². The Bertz CT molecular complexity index is 956. The summed E-state index contributed by atoms with van der Waals surface area (Å²) < 4.78 is 31.1. The molecule has 0 radical (unpaired) electrons. The van der Waals surface area contributed by atoms with E-state index in [1.54, 1.807) is 13.2 Å². The molecule has 1 heterocycles. The Morgan fingerprint density at radius 1 is 1.31 bits per heavy atom. The molecule has 29 heavy (non-hydrogen) atoms. The number of nitriles is 1. The van der Waals surface area contributed by atoms with Gasteiger partial charge in [0.25, 0.3) is 0 Å². The minimum absolute atomic E-state index is 0.107. The number of carbonyl (C=O) groups excluding carboxylic acids is 1. The molecule has 7 heteroatoms. The number of esters is 1. The van der Waals surface area contributed by atoms with E-state index in [4.69, 9.17) is 14.2 Å². The van der Waals surface area contributed by atoms with Crippen LogP contribution in [0, 0.1) is 31.0 Å². The number of hydrogen-bond acceptors (Lipinski definition) is 5. The van der Waals surface area contributed by atoms with Gasteiger partial charge in [-0.15, -0.1) is 0 Å². The summed E-state index contributed by atoms with van der Waals surface area (Å²) in [7, 11) is 3.01. The van der Waals surface area contributed by atoms with Gasteiger partial charge in [0, 0.05) is 18.5 Å². The average Bonchev–Trinajstić information content (AvgIpc) is 2.97. The summed E-state index contributed by atoms with van der Waals surface area (Å²) in [6.45, 7) is 6.31. The van der Waals surface area contributed by atoms with Crippen LogP contribution in [-0.2, 0) is 20.9 Å². The van der Waals surface area contributed by atoms with Gasteiger partial charge in [0.1, 0.15) is 18.2 Å². The highest BCUT2D eigenvalue weighted by Crippen LogP contribution is 2.23. The summed E-state index contributed by atoms with van der Waals surface area (Å²) in [4.78, 5) is 12.3. The number of hydrogen-bond donors (Lipinski definition) is 0. The molecule has 0 N–H and O–H groups in total. The maximum Gasteiger partial charge on any atom is 0.349 e. The molecule has 2 aromatic rings. The molecule has 0 aliphatic rings. The van der Waals surface area contributed by atoms with Crippen molar-refractivity contribution in [2.45, 2.75) is 33.4 Å². The summed E-state index contributed by atoms with van der Waals surface area (Å²) in [6, 6.07) is 8.18. The van der Waals surface area contributed by atoms with Crippen LogP contribution >= 0.6 is 0 Å². The highest BCUT2D eigenvalue weighted by molar-refractivity contribution is 5.98. The Morgan fingerprint density at radius 2 is 2.03 bits per heavy atom. The summed E-state index contributed by atoms with van der Waals surface area (Å²) >= 11 is 0. The van der Waals surface area contributed by atoms with Crippen molar-refractivity contribution in [1.29, 1.82) is 5.26 Å². The van der Waals surface area contributed by atoms with E-state index < -0.39 is 11.8 Å². The van der Waals surface area contributed by atoms with Gasteiger partial charge in [-0.25, -0.2) is 9.18 Å². The number of rotatable bonds is 8. The molecule has 0 aliphatic heterocycles. The second kappa shape index (κ2) is 9.89. The van der Waals surface area contributed by atoms with Crippen LogP contribution in [0.3, 0.4) is 0 Å². The number of methoxy groups -OCH3 is 2. The maximum absolute atomic E-state index is 13.8. The van der Waals surface area contributed by atoms with Crippen molar-refractivity contribution in [3.8, 4) is 11.8 Å². The van der Waals surface area contributed by atoms with Crippen LogP contribution < -0.4 is 4.74 Å². The highest BCUT2D eigenvalue weighted by atomic mass is 19.1. The third kappa shape index (κ3) is 5.24. The first kappa shape index (κ1) is 22.2. The number of aryl methyl sites for hydroxylation is 1. The molecule has 0 fully saturated rings. The van der Waals surface area contributed by atoms with E-state index >= 15 is 0 Å². The van der Waals surface area contributed by atoms with Gasteiger partial charge in [0.2, 0.25) is 0 Å². The van der Waals surface area contributed by atoms with Crippen LogP contribution in [0.25, 0.3) is 6.08 Å². The van der Waals surface area contributed by atoms with Crippen molar-refractivity contribution in [3.63, 3.8) is 0 Å². The second-order valence-corrected chi connectivity index (χ2v) is 6.72. The van der Waals surface area contributed by atoms with E-state index in [-0.39, 0.29) is 24.0 Å². The molecule has 2 rings (SSSR count). The van der Waals surface area contributed by atoms with E-state index in [1.807, 2.05) is 32.9 Å². The molecule has 0 aliphatic carbocycles. The maximum atomic E-state index is 13.8. The quantitative estimate of drug-likeness (QED) is 0.379. The van der Waals surface area contributed by atoms with Crippen LogP contribution in [0.1, 0.15) is 35.5 Å². The third-order valence-electron chi connectivity index (χ3n) is 4.60. The van der Waals surface area contributed by atoms with Gasteiger partial charge in [-0.3, -0.25) is 0 Å². The molecule has 0 saturated heterocycles. The first-order chi connectivity index (χ1) is 13.8. The lowest BCUT2D eigenvalue weighted by atomic mass is 10.1. The van der Waals surface area contributed by atoms with Crippen molar-refractivity contribution in [3.05, 3.63) is 58.2 Å². The molecule has 0 amide bonds. The molecule has 1 aromatic heterocycles. The van der Waals surface area contributed by atoms with E-state index in [0.717, 1.165) is 17.0 Å². The predicted octanol–water partition coefficient (Wildman–Crippen LogP) is 4.11. The van der Waals surface area contributed by atoms with Crippen molar-refractivity contribution in [2.24, 2.45) is 0 Å². The van der Waals surface area contributed by atoms with Gasteiger partial charge in [-0.2, -0.15) is 5.26 Å². The summed E-state index contributed by atoms with van der Waals surface area (Å²) in [5.41, 5.74) is 3.01. The zero-order valence-electron chi connectivity index (χ0n) is 17.3. The molecular weight excluding hydrogens is 375 g/mol. The second-order valence-electron chi connectivity index (χ2n) is 6.72. The molecule has 1 atom stereocenters. The lowest BCUT2D eigenvalue weighted by Crippen LogP contribution is -2.13. The van der Waals surface area contributed by atoms with E-state index in [1.165, 1.54) is 25.3 Å². The molecule has 6 nitrogen and oxygen atoms in total. The molecule has 0 spiro atoms. The van der Waals surface area contributed by atoms with Gasteiger partial charge in [-0.05, 0) is 56.2 Å². The number of nitrogens with zero attached hydrogens (tertiary/aromatic N) is 2. The highest BCUT2D eigenvalue weighted by Gasteiger charge is 2.17. The molecule has 154 valence electrons. The van der Waals surface area contributed by atoms with E-state index in [9.17, 15) is 14.4 Å². The van der Waals surface area contributed by atoms with Crippen LogP contribution in [0.5, 0.6) is 5.75 Å². The van der Waals surface area contributed by atoms with Crippen molar-refractivity contribution >= 4 is 12.0 Å². The number of halogens is 1. The minimum Gasteiger partial charge on any atom is -0.494 e. The summed E-state index contributed by atoms with van der Waals surface area (Å²) in [5.74, 6) is -1.20. The van der Waals surface area contributed by atoms with Crippen LogP contribution in [0.4, 0.5) is 4.39 Å². The van der Waals surface area contributed by atoms with Crippen molar-refractivity contribution < 1.29 is 23.4 Å². The summed E-state index contributed by atoms with van der Waals surface area (Å²) in [6.07, 6.45) is 1.51. The Kier molecular flexibility index (Phi) is 7.57. The molecule has 1 aromatic carbocycles. The summed E-state index contributed by atoms with van der Waals surface area (Å²) in [5, 5.41) is 9.41. The van der Waals surface area contributed by atoms with Gasteiger partial charge in [0.05, 0.1) is 19.8 Å². The SMILES string of the molecule is COC[C@H](C)n1c(C)cc(/C=C(\C#N)C(=O)OCc2ccc(OC)c(F)c2)c1C. The number of ether oxygens (including phenoxy) is 3. The van der Waals surface area contributed by atoms with E-state index in [0.29, 0.717) is 12.2 Å². The monoisotopic (exact) mass is 400 g/mol.